The number of aryl methyl sites for hydroxylation is 2. The smallest absolute Gasteiger partial charge is 0.260 e. The number of hydrogen-bond acceptors (Lipinski definition) is 4. The number of halogens is 2. The molecule has 0 aliphatic heterocycles. The number of nitrogens with one attached hydrogen (secondary N) is 1. The van der Waals surface area contributed by atoms with Crippen LogP contribution in [-0.4, -0.2) is 20.7 Å². The lowest BCUT2D eigenvalue weighted by Gasteiger charge is -2.03. The Kier molecular flexibility index (Phi) is 4.07. The van der Waals surface area contributed by atoms with E-state index in [1.54, 1.807) is 30.2 Å². The highest BCUT2D eigenvalue weighted by atomic mass is 32.1. The average molecular weight is 374 g/mol. The molecule has 2 heterocycles. The minimum Gasteiger partial charge on any atom is -0.298 e. The predicted molar refractivity (Wildman–Crippen MR) is 95.3 cm³/mol. The summed E-state index contributed by atoms with van der Waals surface area (Å²) in [5.74, 6) is -1.21. The van der Waals surface area contributed by atoms with Crippen molar-refractivity contribution < 1.29 is 13.6 Å². The van der Waals surface area contributed by atoms with E-state index in [1.165, 1.54) is 17.4 Å². The number of rotatable bonds is 4. The molecular weight excluding hydrogens is 358 g/mol. The number of benzene rings is 1. The van der Waals surface area contributed by atoms with Gasteiger partial charge in [0, 0.05) is 36.2 Å². The Bertz CT molecular complexity index is 1010. The van der Waals surface area contributed by atoms with Crippen LogP contribution in [0.5, 0.6) is 0 Å². The summed E-state index contributed by atoms with van der Waals surface area (Å²) in [4.78, 5) is 16.8. The first-order chi connectivity index (χ1) is 12.4. The standard InChI is InChI=1S/C18H16F2N4OS/c1-9-5-11(14(20)6-13(9)19)15-8-26-18(21-15)22-17(25)12-7-24(2)23-16(12)10-3-4-10/h5-8,10H,3-4H2,1-2H3,(H,21,22,25). The number of nitrogens with zero attached hydrogens (tertiary/aromatic N) is 3. The van der Waals surface area contributed by atoms with Crippen molar-refractivity contribution in [1.82, 2.24) is 14.8 Å². The zero-order valence-corrected chi connectivity index (χ0v) is 15.0. The van der Waals surface area contributed by atoms with Crippen molar-refractivity contribution >= 4 is 22.4 Å². The molecule has 1 N–H and O–H groups in total. The second kappa shape index (κ2) is 6.28. The van der Waals surface area contributed by atoms with Crippen molar-refractivity contribution in [1.29, 1.82) is 0 Å². The number of amides is 1. The second-order valence-corrected chi connectivity index (χ2v) is 7.31. The first kappa shape index (κ1) is 16.8. The van der Waals surface area contributed by atoms with E-state index in [1.807, 2.05) is 0 Å². The Morgan fingerprint density at radius 2 is 2.08 bits per heavy atom. The minimum atomic E-state index is -0.681. The molecule has 1 aliphatic rings. The summed E-state index contributed by atoms with van der Waals surface area (Å²) in [7, 11) is 1.78. The third kappa shape index (κ3) is 3.12. The highest BCUT2D eigenvalue weighted by Crippen LogP contribution is 2.41. The lowest BCUT2D eigenvalue weighted by Crippen LogP contribution is -2.12. The molecule has 0 spiro atoms. The number of carbonyl (C=O) groups excluding carboxylic acids is 1. The van der Waals surface area contributed by atoms with Crippen LogP contribution in [0.2, 0.25) is 0 Å². The minimum absolute atomic E-state index is 0.209. The number of aromatic nitrogens is 3. The van der Waals surface area contributed by atoms with Gasteiger partial charge in [-0.25, -0.2) is 13.8 Å². The summed E-state index contributed by atoms with van der Waals surface area (Å²) in [6.45, 7) is 1.56. The fourth-order valence-corrected chi connectivity index (χ4v) is 3.52. The molecule has 3 aromatic rings. The summed E-state index contributed by atoms with van der Waals surface area (Å²) in [6.07, 6.45) is 3.78. The Morgan fingerprint density at radius 1 is 1.31 bits per heavy atom. The first-order valence-corrected chi connectivity index (χ1v) is 9.07. The molecule has 134 valence electrons. The molecule has 26 heavy (non-hydrogen) atoms. The maximum atomic E-state index is 14.0. The van der Waals surface area contributed by atoms with Crippen LogP contribution in [0.3, 0.4) is 0 Å². The zero-order chi connectivity index (χ0) is 18.4. The molecule has 0 atom stereocenters. The van der Waals surface area contributed by atoms with E-state index in [0.29, 0.717) is 27.9 Å². The van der Waals surface area contributed by atoms with E-state index in [0.717, 1.165) is 24.6 Å². The van der Waals surface area contributed by atoms with Crippen molar-refractivity contribution in [2.24, 2.45) is 7.05 Å². The first-order valence-electron chi connectivity index (χ1n) is 8.19. The molecule has 4 rings (SSSR count). The van der Waals surface area contributed by atoms with Crippen molar-refractivity contribution in [2.75, 3.05) is 5.32 Å². The van der Waals surface area contributed by atoms with Gasteiger partial charge in [0.25, 0.3) is 5.91 Å². The molecule has 2 aromatic heterocycles. The van der Waals surface area contributed by atoms with Crippen LogP contribution in [0, 0.1) is 18.6 Å². The van der Waals surface area contributed by atoms with Crippen LogP contribution in [0.4, 0.5) is 13.9 Å². The van der Waals surface area contributed by atoms with Gasteiger partial charge in [-0.05, 0) is 31.4 Å². The molecule has 0 bridgehead atoms. The van der Waals surface area contributed by atoms with Gasteiger partial charge in [-0.2, -0.15) is 5.10 Å². The number of hydrogen-bond donors (Lipinski definition) is 1. The fourth-order valence-electron chi connectivity index (χ4n) is 2.81. The Hall–Kier alpha value is -2.61. The SMILES string of the molecule is Cc1cc(-c2csc(NC(=O)c3cn(C)nc3C3CC3)n2)c(F)cc1F. The van der Waals surface area contributed by atoms with Crippen LogP contribution in [-0.2, 0) is 7.05 Å². The molecule has 0 saturated heterocycles. The van der Waals surface area contributed by atoms with Gasteiger partial charge in [-0.15, -0.1) is 11.3 Å². The highest BCUT2D eigenvalue weighted by Gasteiger charge is 2.31. The molecule has 5 nitrogen and oxygen atoms in total. The highest BCUT2D eigenvalue weighted by molar-refractivity contribution is 7.14. The van der Waals surface area contributed by atoms with E-state index < -0.39 is 11.6 Å². The summed E-state index contributed by atoms with van der Waals surface area (Å²) >= 11 is 1.19. The number of anilines is 1. The topological polar surface area (TPSA) is 59.8 Å². The van der Waals surface area contributed by atoms with Gasteiger partial charge >= 0.3 is 0 Å². The van der Waals surface area contributed by atoms with Crippen LogP contribution in [0.25, 0.3) is 11.3 Å². The fraction of sp³-hybridized carbons (Fsp3) is 0.278. The molecule has 1 aromatic carbocycles. The summed E-state index contributed by atoms with van der Waals surface area (Å²) in [5.41, 5.74) is 2.25. The maximum Gasteiger partial charge on any atom is 0.260 e. The van der Waals surface area contributed by atoms with Crippen LogP contribution < -0.4 is 5.32 Å². The summed E-state index contributed by atoms with van der Waals surface area (Å²) in [5, 5.41) is 9.11. The van der Waals surface area contributed by atoms with Crippen molar-refractivity contribution in [2.45, 2.75) is 25.7 Å². The third-order valence-corrected chi connectivity index (χ3v) is 5.07. The third-order valence-electron chi connectivity index (χ3n) is 4.31. The van der Waals surface area contributed by atoms with E-state index >= 15 is 0 Å². The van der Waals surface area contributed by atoms with E-state index in [-0.39, 0.29) is 11.5 Å². The lowest BCUT2D eigenvalue weighted by molar-refractivity contribution is 0.102. The molecule has 1 saturated carbocycles. The van der Waals surface area contributed by atoms with Crippen LogP contribution in [0.1, 0.15) is 40.4 Å². The Labute approximate surface area is 152 Å². The second-order valence-electron chi connectivity index (χ2n) is 6.45. The molecule has 1 amide bonds. The van der Waals surface area contributed by atoms with Gasteiger partial charge < -0.3 is 0 Å². The summed E-state index contributed by atoms with van der Waals surface area (Å²) < 4.78 is 29.1. The van der Waals surface area contributed by atoms with E-state index in [4.69, 9.17) is 0 Å². The van der Waals surface area contributed by atoms with Gasteiger partial charge in [0.1, 0.15) is 11.6 Å². The van der Waals surface area contributed by atoms with Crippen molar-refractivity contribution in [3.05, 3.63) is 52.2 Å². The maximum absolute atomic E-state index is 14.0. The van der Waals surface area contributed by atoms with Crippen molar-refractivity contribution in [3.8, 4) is 11.3 Å². The molecule has 1 fully saturated rings. The largest absolute Gasteiger partial charge is 0.298 e. The average Bonchev–Trinajstić information content (AvgIpc) is 3.21. The molecule has 1 aliphatic carbocycles. The molecular formula is C18H16F2N4OS. The predicted octanol–water partition coefficient (Wildman–Crippen LogP) is 4.26. The van der Waals surface area contributed by atoms with Crippen molar-refractivity contribution in [3.63, 3.8) is 0 Å². The van der Waals surface area contributed by atoms with Crippen LogP contribution >= 0.6 is 11.3 Å². The Morgan fingerprint density at radius 3 is 2.81 bits per heavy atom. The molecule has 0 radical (unpaired) electrons. The lowest BCUT2D eigenvalue weighted by atomic mass is 10.1. The zero-order valence-electron chi connectivity index (χ0n) is 14.2. The molecule has 8 heteroatoms. The van der Waals surface area contributed by atoms with E-state index in [2.05, 4.69) is 15.4 Å². The number of thiazole rings is 1. The van der Waals surface area contributed by atoms with Crippen LogP contribution in [0.15, 0.2) is 23.7 Å². The monoisotopic (exact) mass is 374 g/mol. The van der Waals surface area contributed by atoms with Gasteiger partial charge in [0.05, 0.1) is 17.0 Å². The summed E-state index contributed by atoms with van der Waals surface area (Å²) in [6, 6.07) is 2.26. The molecule has 0 unspecified atom stereocenters. The van der Waals surface area contributed by atoms with Gasteiger partial charge in [-0.1, -0.05) is 0 Å². The quantitative estimate of drug-likeness (QED) is 0.742. The van der Waals surface area contributed by atoms with E-state index in [9.17, 15) is 13.6 Å². The normalized spacial score (nSPS) is 13.8. The number of carbonyl (C=O) groups is 1. The van der Waals surface area contributed by atoms with Gasteiger partial charge in [0.15, 0.2) is 5.13 Å². The van der Waals surface area contributed by atoms with Gasteiger partial charge in [-0.3, -0.25) is 14.8 Å². The van der Waals surface area contributed by atoms with Gasteiger partial charge in [0.2, 0.25) is 0 Å². The Balaban J connectivity index is 1.58.